The molecule has 34 heavy (non-hydrogen) atoms. The molecule has 184 valence electrons. The summed E-state index contributed by atoms with van der Waals surface area (Å²) in [6.07, 6.45) is -3.34. The van der Waals surface area contributed by atoms with Crippen molar-refractivity contribution in [1.82, 2.24) is 10.6 Å². The molecule has 1 unspecified atom stereocenters. The first-order chi connectivity index (χ1) is 15.8. The molecule has 0 aliphatic heterocycles. The third-order valence-electron chi connectivity index (χ3n) is 5.75. The second kappa shape index (κ2) is 10.3. The standard InChI is InChI=1S/C24H23BrClF5N2O/c1-13-9-16(11-20(26)14(13)2)17(21(27)28)5-3-15-4-6-18(19(25)10-15)22(34)33-23(7-8-23)32-12-24(29,30)31/h3-6,9-11,17,21,32H,7-8,12H2,1-2H3,(H,33,34)/b5-3+. The second-order valence-corrected chi connectivity index (χ2v) is 9.67. The van der Waals surface area contributed by atoms with E-state index in [9.17, 15) is 26.7 Å². The Balaban J connectivity index is 1.73. The molecular formula is C24H23BrClF5N2O. The van der Waals surface area contributed by atoms with Crippen molar-refractivity contribution in [2.24, 2.45) is 0 Å². The molecule has 0 radical (unpaired) electrons. The zero-order chi connectivity index (χ0) is 25.3. The van der Waals surface area contributed by atoms with E-state index in [1.54, 1.807) is 18.2 Å². The molecule has 1 fully saturated rings. The van der Waals surface area contributed by atoms with E-state index in [1.807, 2.05) is 13.8 Å². The van der Waals surface area contributed by atoms with Crippen LogP contribution in [0.4, 0.5) is 22.0 Å². The molecule has 1 amide bonds. The Morgan fingerprint density at radius 2 is 1.88 bits per heavy atom. The van der Waals surface area contributed by atoms with Gasteiger partial charge in [0.1, 0.15) is 0 Å². The third kappa shape index (κ3) is 6.79. The summed E-state index contributed by atoms with van der Waals surface area (Å²) in [4.78, 5) is 12.6. The molecule has 2 aromatic rings. The van der Waals surface area contributed by atoms with Crippen molar-refractivity contribution in [2.45, 2.75) is 50.9 Å². The molecule has 0 bridgehead atoms. The number of allylic oxidation sites excluding steroid dienone is 1. The van der Waals surface area contributed by atoms with Crippen molar-refractivity contribution in [2.75, 3.05) is 6.54 Å². The summed E-state index contributed by atoms with van der Waals surface area (Å²) < 4.78 is 65.4. The van der Waals surface area contributed by atoms with Gasteiger partial charge in [-0.2, -0.15) is 13.2 Å². The monoisotopic (exact) mass is 564 g/mol. The quantitative estimate of drug-likeness (QED) is 0.264. The summed E-state index contributed by atoms with van der Waals surface area (Å²) in [5.74, 6) is -1.71. The van der Waals surface area contributed by atoms with E-state index >= 15 is 0 Å². The summed E-state index contributed by atoms with van der Waals surface area (Å²) in [6.45, 7) is 2.43. The van der Waals surface area contributed by atoms with Crippen molar-refractivity contribution >= 4 is 39.5 Å². The lowest BCUT2D eigenvalue weighted by Gasteiger charge is -2.20. The fraction of sp³-hybridized carbons (Fsp3) is 0.375. The molecule has 3 nitrogen and oxygen atoms in total. The average molecular weight is 566 g/mol. The van der Waals surface area contributed by atoms with E-state index < -0.39 is 36.6 Å². The fourth-order valence-electron chi connectivity index (χ4n) is 3.43. The first kappa shape index (κ1) is 26.6. The number of carbonyl (C=O) groups is 1. The summed E-state index contributed by atoms with van der Waals surface area (Å²) in [7, 11) is 0. The zero-order valence-electron chi connectivity index (χ0n) is 18.4. The topological polar surface area (TPSA) is 41.1 Å². The number of rotatable bonds is 8. The largest absolute Gasteiger partial charge is 0.401 e. The highest BCUT2D eigenvalue weighted by Gasteiger charge is 2.46. The summed E-state index contributed by atoms with van der Waals surface area (Å²) in [6, 6.07) is 7.88. The van der Waals surface area contributed by atoms with E-state index in [4.69, 9.17) is 11.6 Å². The van der Waals surface area contributed by atoms with Gasteiger partial charge in [-0.05, 0) is 83.1 Å². The van der Waals surface area contributed by atoms with Gasteiger partial charge in [0, 0.05) is 9.50 Å². The first-order valence-corrected chi connectivity index (χ1v) is 11.6. The normalized spacial score (nSPS) is 16.2. The molecule has 0 heterocycles. The number of alkyl halides is 5. The van der Waals surface area contributed by atoms with Gasteiger partial charge in [0.2, 0.25) is 6.43 Å². The zero-order valence-corrected chi connectivity index (χ0v) is 20.7. The third-order valence-corrected chi connectivity index (χ3v) is 6.80. The molecule has 1 aliphatic carbocycles. The molecule has 0 saturated heterocycles. The lowest BCUT2D eigenvalue weighted by Crippen LogP contribution is -2.50. The van der Waals surface area contributed by atoms with Crippen molar-refractivity contribution < 1.29 is 26.7 Å². The summed E-state index contributed by atoms with van der Waals surface area (Å²) in [5.41, 5.74) is 1.78. The van der Waals surface area contributed by atoms with Gasteiger partial charge in [0.15, 0.2) is 0 Å². The maximum Gasteiger partial charge on any atom is 0.401 e. The number of aryl methyl sites for hydroxylation is 1. The number of hydrogen-bond acceptors (Lipinski definition) is 2. The van der Waals surface area contributed by atoms with E-state index in [1.165, 1.54) is 24.3 Å². The molecule has 3 rings (SSSR count). The molecule has 0 spiro atoms. The van der Waals surface area contributed by atoms with Crippen LogP contribution in [0.3, 0.4) is 0 Å². The molecule has 0 aromatic heterocycles. The van der Waals surface area contributed by atoms with Crippen molar-refractivity contribution in [3.05, 3.63) is 73.7 Å². The average Bonchev–Trinajstić information content (AvgIpc) is 3.49. The highest BCUT2D eigenvalue weighted by atomic mass is 79.9. The highest BCUT2D eigenvalue weighted by molar-refractivity contribution is 9.10. The number of carbonyl (C=O) groups excluding carboxylic acids is 1. The molecular weight excluding hydrogens is 543 g/mol. The smallest absolute Gasteiger partial charge is 0.334 e. The number of nitrogens with one attached hydrogen (secondary N) is 2. The Kier molecular flexibility index (Phi) is 8.10. The molecule has 2 aromatic carbocycles. The van der Waals surface area contributed by atoms with E-state index in [2.05, 4.69) is 26.6 Å². The van der Waals surface area contributed by atoms with Crippen LogP contribution < -0.4 is 10.6 Å². The molecule has 1 atom stereocenters. The first-order valence-electron chi connectivity index (χ1n) is 10.5. The van der Waals surface area contributed by atoms with Crippen molar-refractivity contribution in [3.63, 3.8) is 0 Å². The van der Waals surface area contributed by atoms with E-state index in [-0.39, 0.29) is 5.56 Å². The second-order valence-electron chi connectivity index (χ2n) is 8.41. The van der Waals surface area contributed by atoms with E-state index in [0.717, 1.165) is 11.1 Å². The van der Waals surface area contributed by atoms with Crippen LogP contribution in [0.1, 0.15) is 51.4 Å². The van der Waals surface area contributed by atoms with Gasteiger partial charge in [0.25, 0.3) is 5.91 Å². The Morgan fingerprint density at radius 1 is 1.21 bits per heavy atom. The number of benzene rings is 2. The molecule has 2 N–H and O–H groups in total. The molecule has 1 aliphatic rings. The van der Waals surface area contributed by atoms with Gasteiger partial charge in [-0.3, -0.25) is 10.1 Å². The van der Waals surface area contributed by atoms with Crippen LogP contribution in [-0.4, -0.2) is 30.7 Å². The van der Waals surface area contributed by atoms with Gasteiger partial charge in [-0.1, -0.05) is 35.9 Å². The Labute approximate surface area is 207 Å². The van der Waals surface area contributed by atoms with Crippen LogP contribution in [0.25, 0.3) is 6.08 Å². The lowest BCUT2D eigenvalue weighted by molar-refractivity contribution is -0.127. The van der Waals surface area contributed by atoms with Gasteiger partial charge in [-0.15, -0.1) is 0 Å². The van der Waals surface area contributed by atoms with Gasteiger partial charge < -0.3 is 5.32 Å². The Bertz CT molecular complexity index is 1080. The molecule has 1 saturated carbocycles. The van der Waals surface area contributed by atoms with E-state index in [0.29, 0.717) is 33.5 Å². The van der Waals surface area contributed by atoms with Gasteiger partial charge in [-0.25, -0.2) is 8.78 Å². The predicted octanol–water partition coefficient (Wildman–Crippen LogP) is 7.15. The van der Waals surface area contributed by atoms with Crippen LogP contribution in [0, 0.1) is 13.8 Å². The number of amides is 1. The number of hydrogen-bond donors (Lipinski definition) is 2. The number of halogens is 7. The van der Waals surface area contributed by atoms with Crippen molar-refractivity contribution in [1.29, 1.82) is 0 Å². The van der Waals surface area contributed by atoms with Crippen LogP contribution in [0.15, 0.2) is 40.9 Å². The maximum absolute atomic E-state index is 13.8. The fourth-order valence-corrected chi connectivity index (χ4v) is 4.29. The SMILES string of the molecule is Cc1cc(C(/C=C/c2ccc(C(=O)NC3(NCC(F)(F)F)CC3)c(Br)c2)C(F)F)cc(Cl)c1C. The predicted molar refractivity (Wildman–Crippen MR) is 126 cm³/mol. The minimum atomic E-state index is -4.38. The summed E-state index contributed by atoms with van der Waals surface area (Å²) in [5, 5.41) is 5.38. The van der Waals surface area contributed by atoms with Gasteiger partial charge >= 0.3 is 6.18 Å². The van der Waals surface area contributed by atoms with Crippen LogP contribution in [0.2, 0.25) is 5.02 Å². The van der Waals surface area contributed by atoms with Crippen LogP contribution in [0.5, 0.6) is 0 Å². The minimum absolute atomic E-state index is 0.226. The van der Waals surface area contributed by atoms with Gasteiger partial charge in [0.05, 0.1) is 23.7 Å². The van der Waals surface area contributed by atoms with Crippen molar-refractivity contribution in [3.8, 4) is 0 Å². The lowest BCUT2D eigenvalue weighted by atomic mass is 9.94. The maximum atomic E-state index is 13.8. The van der Waals surface area contributed by atoms with Crippen LogP contribution in [-0.2, 0) is 0 Å². The highest BCUT2D eigenvalue weighted by Crippen LogP contribution is 2.34. The molecule has 10 heteroatoms. The Hall–Kier alpha value is -1.97. The van der Waals surface area contributed by atoms with Crippen LogP contribution >= 0.6 is 27.5 Å². The Morgan fingerprint density at radius 3 is 2.41 bits per heavy atom. The minimum Gasteiger partial charge on any atom is -0.334 e. The summed E-state index contributed by atoms with van der Waals surface area (Å²) >= 11 is 9.47.